The maximum atomic E-state index is 11.8. The summed E-state index contributed by atoms with van der Waals surface area (Å²) >= 11 is 2.20. The minimum Gasteiger partial charge on any atom is -0.496 e. The van der Waals surface area contributed by atoms with Crippen LogP contribution in [0.25, 0.3) is 0 Å². The van der Waals surface area contributed by atoms with Gasteiger partial charge < -0.3 is 15.4 Å². The van der Waals surface area contributed by atoms with Crippen LogP contribution in [0.4, 0.5) is 10.5 Å². The molecule has 2 aromatic carbocycles. The Morgan fingerprint density at radius 2 is 2.00 bits per heavy atom. The Labute approximate surface area is 131 Å². The minimum absolute atomic E-state index is 0.238. The summed E-state index contributed by atoms with van der Waals surface area (Å²) in [6, 6.07) is 15.0. The van der Waals surface area contributed by atoms with Crippen LogP contribution in [-0.4, -0.2) is 13.1 Å². The van der Waals surface area contributed by atoms with Crippen molar-refractivity contribution < 1.29 is 9.53 Å². The summed E-state index contributed by atoms with van der Waals surface area (Å²) in [6.07, 6.45) is 0. The van der Waals surface area contributed by atoms with Gasteiger partial charge in [-0.05, 0) is 46.9 Å². The predicted octanol–water partition coefficient (Wildman–Crippen LogP) is 3.62. The van der Waals surface area contributed by atoms with Gasteiger partial charge in [-0.3, -0.25) is 0 Å². The lowest BCUT2D eigenvalue weighted by atomic mass is 10.2. The number of anilines is 1. The van der Waals surface area contributed by atoms with Crippen molar-refractivity contribution in [2.45, 2.75) is 6.54 Å². The smallest absolute Gasteiger partial charge is 0.319 e. The Hall–Kier alpha value is -1.76. The monoisotopic (exact) mass is 382 g/mol. The standard InChI is InChI=1S/C15H15IN2O2/c1-20-14-8-3-2-5-11(14)10-17-15(19)18-13-7-4-6-12(16)9-13/h2-9H,10H2,1H3,(H2,17,18,19). The molecule has 2 rings (SSSR count). The number of carbonyl (C=O) groups is 1. The molecule has 0 bridgehead atoms. The summed E-state index contributed by atoms with van der Waals surface area (Å²) in [5, 5.41) is 5.60. The molecule has 0 aliphatic carbocycles. The van der Waals surface area contributed by atoms with Gasteiger partial charge in [0.2, 0.25) is 0 Å². The van der Waals surface area contributed by atoms with E-state index >= 15 is 0 Å². The van der Waals surface area contributed by atoms with Crippen molar-refractivity contribution in [3.63, 3.8) is 0 Å². The molecule has 0 spiro atoms. The molecule has 2 aromatic rings. The van der Waals surface area contributed by atoms with Crippen molar-refractivity contribution in [1.82, 2.24) is 5.32 Å². The van der Waals surface area contributed by atoms with Gasteiger partial charge in [-0.1, -0.05) is 24.3 Å². The quantitative estimate of drug-likeness (QED) is 0.794. The number of urea groups is 1. The molecule has 0 unspecified atom stereocenters. The van der Waals surface area contributed by atoms with E-state index in [9.17, 15) is 4.79 Å². The molecule has 4 nitrogen and oxygen atoms in total. The van der Waals surface area contributed by atoms with Gasteiger partial charge in [0.15, 0.2) is 0 Å². The number of hydrogen-bond acceptors (Lipinski definition) is 2. The first kappa shape index (κ1) is 14.6. The fourth-order valence-corrected chi connectivity index (χ4v) is 2.31. The molecule has 0 aromatic heterocycles. The third-order valence-electron chi connectivity index (χ3n) is 2.71. The average Bonchev–Trinajstić information content (AvgIpc) is 2.45. The summed E-state index contributed by atoms with van der Waals surface area (Å²) in [7, 11) is 1.62. The van der Waals surface area contributed by atoms with E-state index in [2.05, 4.69) is 33.2 Å². The lowest BCUT2D eigenvalue weighted by molar-refractivity contribution is 0.251. The highest BCUT2D eigenvalue weighted by Crippen LogP contribution is 2.17. The van der Waals surface area contributed by atoms with Crippen LogP contribution in [0.5, 0.6) is 5.75 Å². The van der Waals surface area contributed by atoms with E-state index in [1.54, 1.807) is 7.11 Å². The first-order chi connectivity index (χ1) is 9.69. The molecular formula is C15H15IN2O2. The number of halogens is 1. The second kappa shape index (κ2) is 7.14. The zero-order valence-electron chi connectivity index (χ0n) is 11.0. The molecule has 0 atom stereocenters. The van der Waals surface area contributed by atoms with Crippen molar-refractivity contribution in [1.29, 1.82) is 0 Å². The number of carbonyl (C=O) groups excluding carboxylic acids is 1. The van der Waals surface area contributed by atoms with Crippen LogP contribution in [0.3, 0.4) is 0 Å². The van der Waals surface area contributed by atoms with Crippen LogP contribution in [0.1, 0.15) is 5.56 Å². The predicted molar refractivity (Wildman–Crippen MR) is 88.0 cm³/mol. The zero-order valence-corrected chi connectivity index (χ0v) is 13.2. The first-order valence-corrected chi connectivity index (χ1v) is 7.19. The maximum absolute atomic E-state index is 11.8. The fourth-order valence-electron chi connectivity index (χ4n) is 1.77. The van der Waals surface area contributed by atoms with E-state index in [4.69, 9.17) is 4.74 Å². The second-order valence-corrected chi connectivity index (χ2v) is 5.38. The van der Waals surface area contributed by atoms with E-state index in [-0.39, 0.29) is 6.03 Å². The van der Waals surface area contributed by atoms with E-state index in [1.165, 1.54) is 0 Å². The van der Waals surface area contributed by atoms with Crippen molar-refractivity contribution in [3.8, 4) is 5.75 Å². The average molecular weight is 382 g/mol. The van der Waals surface area contributed by atoms with Gasteiger partial charge in [-0.2, -0.15) is 0 Å². The van der Waals surface area contributed by atoms with Crippen molar-refractivity contribution in [3.05, 3.63) is 57.7 Å². The maximum Gasteiger partial charge on any atom is 0.319 e. The second-order valence-electron chi connectivity index (χ2n) is 4.13. The Kier molecular flexibility index (Phi) is 5.23. The highest BCUT2D eigenvalue weighted by molar-refractivity contribution is 14.1. The van der Waals surface area contributed by atoms with Crippen LogP contribution in [0.2, 0.25) is 0 Å². The molecule has 0 aliphatic rings. The van der Waals surface area contributed by atoms with E-state index in [0.29, 0.717) is 6.54 Å². The molecule has 20 heavy (non-hydrogen) atoms. The number of hydrogen-bond donors (Lipinski definition) is 2. The first-order valence-electron chi connectivity index (χ1n) is 6.11. The van der Waals surface area contributed by atoms with Crippen molar-refractivity contribution >= 4 is 34.3 Å². The van der Waals surface area contributed by atoms with Gasteiger partial charge >= 0.3 is 6.03 Å². The number of para-hydroxylation sites is 1. The molecule has 0 radical (unpaired) electrons. The number of amides is 2. The molecule has 104 valence electrons. The number of methoxy groups -OCH3 is 1. The summed E-state index contributed by atoms with van der Waals surface area (Å²) in [6.45, 7) is 0.416. The van der Waals surface area contributed by atoms with Gasteiger partial charge in [0.25, 0.3) is 0 Å². The van der Waals surface area contributed by atoms with Crippen molar-refractivity contribution in [2.75, 3.05) is 12.4 Å². The fraction of sp³-hybridized carbons (Fsp3) is 0.133. The lowest BCUT2D eigenvalue weighted by Crippen LogP contribution is -2.28. The summed E-state index contributed by atoms with van der Waals surface area (Å²) < 4.78 is 6.31. The SMILES string of the molecule is COc1ccccc1CNC(=O)Nc1cccc(I)c1. The number of rotatable bonds is 4. The zero-order chi connectivity index (χ0) is 14.4. The Balaban J connectivity index is 1.92. The molecule has 0 saturated carbocycles. The molecule has 2 N–H and O–H groups in total. The summed E-state index contributed by atoms with van der Waals surface area (Å²) in [5.74, 6) is 0.766. The Morgan fingerprint density at radius 3 is 2.75 bits per heavy atom. The van der Waals surface area contributed by atoms with Crippen LogP contribution < -0.4 is 15.4 Å². The molecule has 5 heteroatoms. The third kappa shape index (κ3) is 4.12. The van der Waals surface area contributed by atoms with Gasteiger partial charge in [0.1, 0.15) is 5.75 Å². The molecular weight excluding hydrogens is 367 g/mol. The number of nitrogens with one attached hydrogen (secondary N) is 2. The van der Waals surface area contributed by atoms with E-state index in [0.717, 1.165) is 20.6 Å². The number of ether oxygens (including phenoxy) is 1. The molecule has 2 amide bonds. The summed E-state index contributed by atoms with van der Waals surface area (Å²) in [4.78, 5) is 11.8. The van der Waals surface area contributed by atoms with Gasteiger partial charge in [-0.15, -0.1) is 0 Å². The topological polar surface area (TPSA) is 50.4 Å². The van der Waals surface area contributed by atoms with Crippen LogP contribution in [0.15, 0.2) is 48.5 Å². The molecule has 0 saturated heterocycles. The lowest BCUT2D eigenvalue weighted by Gasteiger charge is -2.10. The highest BCUT2D eigenvalue weighted by atomic mass is 127. The van der Waals surface area contributed by atoms with Gasteiger partial charge in [0.05, 0.1) is 7.11 Å². The van der Waals surface area contributed by atoms with E-state index < -0.39 is 0 Å². The van der Waals surface area contributed by atoms with Crippen LogP contribution in [0, 0.1) is 3.57 Å². The molecule has 0 heterocycles. The normalized spacial score (nSPS) is 9.90. The summed E-state index contributed by atoms with van der Waals surface area (Å²) in [5.41, 5.74) is 1.71. The Morgan fingerprint density at radius 1 is 1.20 bits per heavy atom. The van der Waals surface area contributed by atoms with Crippen LogP contribution in [-0.2, 0) is 6.54 Å². The molecule has 0 aliphatic heterocycles. The molecule has 0 fully saturated rings. The Bertz CT molecular complexity index is 602. The highest BCUT2D eigenvalue weighted by Gasteiger charge is 2.05. The minimum atomic E-state index is -0.238. The van der Waals surface area contributed by atoms with Gasteiger partial charge in [0, 0.05) is 21.4 Å². The van der Waals surface area contributed by atoms with Crippen LogP contribution >= 0.6 is 22.6 Å². The third-order valence-corrected chi connectivity index (χ3v) is 3.39. The van der Waals surface area contributed by atoms with E-state index in [1.807, 2.05) is 48.5 Å². The largest absolute Gasteiger partial charge is 0.496 e. The number of benzene rings is 2. The van der Waals surface area contributed by atoms with Gasteiger partial charge in [-0.25, -0.2) is 4.79 Å². The van der Waals surface area contributed by atoms with Crippen molar-refractivity contribution in [2.24, 2.45) is 0 Å².